The second-order valence-corrected chi connectivity index (χ2v) is 2.64. The molecule has 0 saturated heterocycles. The monoisotopic (exact) mass is 156 g/mol. The Labute approximate surface area is 72.4 Å². The summed E-state index contributed by atoms with van der Waals surface area (Å²) in [6, 6.07) is 11.4. The van der Waals surface area contributed by atoms with Crippen molar-refractivity contribution in [3.05, 3.63) is 66.4 Å². The van der Waals surface area contributed by atoms with Gasteiger partial charge < -0.3 is 5.32 Å². The molecule has 1 aromatic carbocycles. The Morgan fingerprint density at radius 3 is 2.42 bits per heavy atom. The molecule has 0 amide bonds. The van der Waals surface area contributed by atoms with E-state index in [-0.39, 0.29) is 0 Å². The van der Waals surface area contributed by atoms with Gasteiger partial charge >= 0.3 is 0 Å². The number of nitrogens with one attached hydrogen (secondary N) is 1. The topological polar surface area (TPSA) is 12.0 Å². The van der Waals surface area contributed by atoms with Crippen LogP contribution in [-0.4, -0.2) is 0 Å². The van der Waals surface area contributed by atoms with Crippen molar-refractivity contribution in [3.63, 3.8) is 0 Å². The van der Waals surface area contributed by atoms with Crippen molar-refractivity contribution in [2.24, 2.45) is 0 Å². The summed E-state index contributed by atoms with van der Waals surface area (Å²) in [5, 5.41) is 3.18. The third-order valence-electron chi connectivity index (χ3n) is 1.79. The predicted molar refractivity (Wildman–Crippen MR) is 50.2 cm³/mol. The normalized spacial score (nSPS) is 16.0. The third-order valence-corrected chi connectivity index (χ3v) is 1.79. The van der Waals surface area contributed by atoms with Crippen molar-refractivity contribution in [2.75, 3.05) is 0 Å². The van der Waals surface area contributed by atoms with Crippen LogP contribution in [-0.2, 0) is 0 Å². The molecule has 1 aliphatic heterocycles. The van der Waals surface area contributed by atoms with Crippen molar-refractivity contribution in [1.29, 1.82) is 0 Å². The van der Waals surface area contributed by atoms with Crippen molar-refractivity contribution in [2.45, 2.75) is 0 Å². The Hall–Kier alpha value is -1.50. The highest BCUT2D eigenvalue weighted by Gasteiger charge is 2.06. The first-order valence-electron chi connectivity index (χ1n) is 3.99. The fourth-order valence-electron chi connectivity index (χ4n) is 1.19. The summed E-state index contributed by atoms with van der Waals surface area (Å²) in [6.45, 7) is 0. The lowest BCUT2D eigenvalue weighted by Gasteiger charge is -2.13. The van der Waals surface area contributed by atoms with Gasteiger partial charge in [-0.05, 0) is 17.8 Å². The molecule has 0 spiro atoms. The van der Waals surface area contributed by atoms with Crippen molar-refractivity contribution in [1.82, 2.24) is 5.32 Å². The molecule has 59 valence electrons. The van der Waals surface area contributed by atoms with Crippen molar-refractivity contribution >= 4 is 0 Å². The smallest absolute Gasteiger partial charge is 0.112 e. The lowest BCUT2D eigenvalue weighted by atomic mass is 10.1. The van der Waals surface area contributed by atoms with E-state index >= 15 is 0 Å². The number of rotatable bonds is 1. The molecular weight excluding hydrogens is 146 g/mol. The maximum Gasteiger partial charge on any atom is 0.112 e. The van der Waals surface area contributed by atoms with E-state index in [4.69, 9.17) is 0 Å². The van der Waals surface area contributed by atoms with Crippen LogP contribution in [0.1, 0.15) is 5.56 Å². The van der Waals surface area contributed by atoms with Crippen LogP contribution in [0.3, 0.4) is 0 Å². The maximum absolute atomic E-state index is 3.18. The van der Waals surface area contributed by atoms with E-state index in [0.717, 1.165) is 6.04 Å². The Morgan fingerprint density at radius 2 is 1.75 bits per heavy atom. The van der Waals surface area contributed by atoms with E-state index in [0.29, 0.717) is 0 Å². The molecule has 0 saturated carbocycles. The van der Waals surface area contributed by atoms with Crippen LogP contribution in [0.15, 0.2) is 54.8 Å². The SMILES string of the molecule is C1=CN[C](c2ccccc2)C=C1. The van der Waals surface area contributed by atoms with E-state index in [2.05, 4.69) is 23.5 Å². The average Bonchev–Trinajstić information content (AvgIpc) is 2.21. The summed E-state index contributed by atoms with van der Waals surface area (Å²) in [5.41, 5.74) is 1.22. The lowest BCUT2D eigenvalue weighted by molar-refractivity contribution is 0.961. The Morgan fingerprint density at radius 1 is 0.917 bits per heavy atom. The fourth-order valence-corrected chi connectivity index (χ4v) is 1.19. The highest BCUT2D eigenvalue weighted by atomic mass is 14.9. The molecule has 0 atom stereocenters. The molecule has 1 radical (unpaired) electrons. The summed E-state index contributed by atoms with van der Waals surface area (Å²) in [6.07, 6.45) is 8.00. The van der Waals surface area contributed by atoms with Gasteiger partial charge in [-0.3, -0.25) is 0 Å². The molecule has 1 nitrogen and oxygen atoms in total. The minimum absolute atomic E-state index is 1.15. The first-order chi connectivity index (χ1) is 5.97. The van der Waals surface area contributed by atoms with Crippen LogP contribution in [0.25, 0.3) is 0 Å². The quantitative estimate of drug-likeness (QED) is 0.657. The van der Waals surface area contributed by atoms with E-state index in [9.17, 15) is 0 Å². The van der Waals surface area contributed by atoms with Crippen molar-refractivity contribution < 1.29 is 0 Å². The van der Waals surface area contributed by atoms with Crippen LogP contribution < -0.4 is 5.32 Å². The summed E-state index contributed by atoms with van der Waals surface area (Å²) in [4.78, 5) is 0. The first-order valence-corrected chi connectivity index (χ1v) is 3.99. The van der Waals surface area contributed by atoms with E-state index < -0.39 is 0 Å². The molecule has 0 aliphatic carbocycles. The van der Waals surface area contributed by atoms with Crippen LogP contribution in [0, 0.1) is 6.04 Å². The van der Waals surface area contributed by atoms with E-state index in [1.165, 1.54) is 5.56 Å². The van der Waals surface area contributed by atoms with Crippen LogP contribution in [0.2, 0.25) is 0 Å². The second-order valence-electron chi connectivity index (χ2n) is 2.64. The van der Waals surface area contributed by atoms with Crippen LogP contribution in [0.5, 0.6) is 0 Å². The van der Waals surface area contributed by atoms with Crippen molar-refractivity contribution in [3.8, 4) is 0 Å². The van der Waals surface area contributed by atoms with Gasteiger partial charge in [0.1, 0.15) is 6.04 Å². The average molecular weight is 156 g/mol. The minimum atomic E-state index is 1.15. The standard InChI is InChI=1S/C11H10N/c1-2-6-10(7-3-1)11-8-4-5-9-12-11/h1-9,12H. The molecule has 1 N–H and O–H groups in total. The molecule has 0 aromatic heterocycles. The molecule has 1 heteroatoms. The molecule has 0 fully saturated rings. The number of benzene rings is 1. The largest absolute Gasteiger partial charge is 0.376 e. The Bertz CT molecular complexity index is 298. The van der Waals surface area contributed by atoms with E-state index in [1.807, 2.05) is 36.6 Å². The first kappa shape index (κ1) is 7.17. The molecular formula is C11H10N. The van der Waals surface area contributed by atoms with Gasteiger partial charge in [-0.1, -0.05) is 42.5 Å². The fraction of sp³-hybridized carbons (Fsp3) is 0. The van der Waals surface area contributed by atoms with Gasteiger partial charge in [0.2, 0.25) is 0 Å². The molecule has 1 aromatic rings. The molecule has 1 heterocycles. The van der Waals surface area contributed by atoms with Gasteiger partial charge in [0.05, 0.1) is 0 Å². The number of hydrogen-bond acceptors (Lipinski definition) is 1. The summed E-state index contributed by atoms with van der Waals surface area (Å²) in [7, 11) is 0. The maximum atomic E-state index is 3.18. The second kappa shape index (κ2) is 3.26. The summed E-state index contributed by atoms with van der Waals surface area (Å²) >= 11 is 0. The summed E-state index contributed by atoms with van der Waals surface area (Å²) < 4.78 is 0. The lowest BCUT2D eigenvalue weighted by Crippen LogP contribution is -2.15. The van der Waals surface area contributed by atoms with Gasteiger partial charge in [-0.15, -0.1) is 0 Å². The summed E-state index contributed by atoms with van der Waals surface area (Å²) in [5.74, 6) is 0. The predicted octanol–water partition coefficient (Wildman–Crippen LogP) is 2.24. The van der Waals surface area contributed by atoms with Gasteiger partial charge in [0.15, 0.2) is 0 Å². The molecule has 0 unspecified atom stereocenters. The zero-order valence-corrected chi connectivity index (χ0v) is 6.70. The highest BCUT2D eigenvalue weighted by molar-refractivity contribution is 5.39. The van der Waals surface area contributed by atoms with Gasteiger partial charge in [-0.2, -0.15) is 0 Å². The zero-order valence-electron chi connectivity index (χ0n) is 6.70. The van der Waals surface area contributed by atoms with Crippen LogP contribution in [0.4, 0.5) is 0 Å². The molecule has 12 heavy (non-hydrogen) atoms. The number of dihydropyridines is 1. The van der Waals surface area contributed by atoms with Crippen LogP contribution >= 0.6 is 0 Å². The minimum Gasteiger partial charge on any atom is -0.376 e. The molecule has 0 bridgehead atoms. The Kier molecular flexibility index (Phi) is 1.95. The number of hydrogen-bond donors (Lipinski definition) is 1. The third kappa shape index (κ3) is 1.40. The van der Waals surface area contributed by atoms with E-state index in [1.54, 1.807) is 0 Å². The van der Waals surface area contributed by atoms with Gasteiger partial charge in [0, 0.05) is 0 Å². The molecule has 2 rings (SSSR count). The zero-order chi connectivity index (χ0) is 8.23. The van der Waals surface area contributed by atoms with Gasteiger partial charge in [0.25, 0.3) is 0 Å². The highest BCUT2D eigenvalue weighted by Crippen LogP contribution is 2.14. The number of allylic oxidation sites excluding steroid dienone is 2. The Balaban J connectivity index is 2.21. The molecule has 1 aliphatic rings. The van der Waals surface area contributed by atoms with Gasteiger partial charge in [-0.25, -0.2) is 0 Å².